The average molecular weight is 227 g/mol. The molecule has 0 heterocycles. The van der Waals surface area contributed by atoms with Crippen LogP contribution < -0.4 is 0 Å². The molecular formula is C11H15Br. The van der Waals surface area contributed by atoms with Crippen molar-refractivity contribution in [1.29, 1.82) is 0 Å². The van der Waals surface area contributed by atoms with Gasteiger partial charge >= 0.3 is 0 Å². The standard InChI is InChI=1S/C11H15Br/c1-8(2)9(3)10-6-4-5-7-11(10)12/h4-9H,1-3H3. The van der Waals surface area contributed by atoms with Crippen molar-refractivity contribution < 1.29 is 0 Å². The zero-order chi connectivity index (χ0) is 9.14. The molecule has 0 fully saturated rings. The SMILES string of the molecule is CC(C)C(C)c1ccccc1Br. The molecule has 1 heteroatoms. The maximum Gasteiger partial charge on any atom is 0.0210 e. The summed E-state index contributed by atoms with van der Waals surface area (Å²) in [5.74, 6) is 1.32. The van der Waals surface area contributed by atoms with E-state index in [1.165, 1.54) is 10.0 Å². The summed E-state index contributed by atoms with van der Waals surface area (Å²) in [4.78, 5) is 0. The first-order chi connectivity index (χ1) is 5.63. The topological polar surface area (TPSA) is 0 Å². The largest absolute Gasteiger partial charge is 0.0622 e. The van der Waals surface area contributed by atoms with Crippen molar-refractivity contribution in [2.45, 2.75) is 26.7 Å². The first-order valence-corrected chi connectivity index (χ1v) is 5.16. The van der Waals surface area contributed by atoms with Gasteiger partial charge in [-0.3, -0.25) is 0 Å². The highest BCUT2D eigenvalue weighted by Crippen LogP contribution is 2.29. The molecule has 1 aromatic rings. The Kier molecular flexibility index (Phi) is 3.33. The lowest BCUT2D eigenvalue weighted by molar-refractivity contribution is 0.533. The third-order valence-electron chi connectivity index (χ3n) is 2.40. The van der Waals surface area contributed by atoms with Gasteiger partial charge in [-0.25, -0.2) is 0 Å². The molecule has 12 heavy (non-hydrogen) atoms. The highest BCUT2D eigenvalue weighted by molar-refractivity contribution is 9.10. The molecule has 1 unspecified atom stereocenters. The summed E-state index contributed by atoms with van der Waals surface area (Å²) >= 11 is 3.57. The van der Waals surface area contributed by atoms with E-state index in [2.05, 4.69) is 61.0 Å². The third kappa shape index (κ3) is 2.10. The van der Waals surface area contributed by atoms with Crippen LogP contribution in [0, 0.1) is 5.92 Å². The Morgan fingerprint density at radius 3 is 2.17 bits per heavy atom. The van der Waals surface area contributed by atoms with Crippen LogP contribution in [0.4, 0.5) is 0 Å². The van der Waals surface area contributed by atoms with Gasteiger partial charge in [-0.15, -0.1) is 0 Å². The van der Waals surface area contributed by atoms with Gasteiger partial charge in [-0.05, 0) is 23.5 Å². The molecule has 0 N–H and O–H groups in total. The van der Waals surface area contributed by atoms with Crippen molar-refractivity contribution in [3.8, 4) is 0 Å². The van der Waals surface area contributed by atoms with Crippen molar-refractivity contribution in [2.75, 3.05) is 0 Å². The number of rotatable bonds is 2. The Morgan fingerprint density at radius 2 is 1.67 bits per heavy atom. The molecule has 1 rings (SSSR count). The van der Waals surface area contributed by atoms with E-state index in [0.29, 0.717) is 11.8 Å². The summed E-state index contributed by atoms with van der Waals surface area (Å²) in [6.45, 7) is 6.78. The maximum absolute atomic E-state index is 3.57. The van der Waals surface area contributed by atoms with Gasteiger partial charge in [0.05, 0.1) is 0 Å². The fourth-order valence-electron chi connectivity index (χ4n) is 1.20. The summed E-state index contributed by atoms with van der Waals surface area (Å²) in [6, 6.07) is 8.45. The van der Waals surface area contributed by atoms with E-state index in [4.69, 9.17) is 0 Å². The Bertz CT molecular complexity index is 253. The lowest BCUT2D eigenvalue weighted by Gasteiger charge is -2.17. The van der Waals surface area contributed by atoms with Gasteiger partial charge in [0, 0.05) is 4.47 Å². The number of halogens is 1. The summed E-state index contributed by atoms with van der Waals surface area (Å²) in [5.41, 5.74) is 1.41. The molecule has 0 saturated heterocycles. The van der Waals surface area contributed by atoms with E-state index in [9.17, 15) is 0 Å². The zero-order valence-corrected chi connectivity index (χ0v) is 9.43. The van der Waals surface area contributed by atoms with Crippen LogP contribution in [0.3, 0.4) is 0 Å². The van der Waals surface area contributed by atoms with Gasteiger partial charge in [-0.1, -0.05) is 54.9 Å². The molecule has 0 bridgehead atoms. The summed E-state index contributed by atoms with van der Waals surface area (Å²) in [7, 11) is 0. The monoisotopic (exact) mass is 226 g/mol. The van der Waals surface area contributed by atoms with Crippen LogP contribution >= 0.6 is 15.9 Å². The van der Waals surface area contributed by atoms with Crippen molar-refractivity contribution >= 4 is 15.9 Å². The third-order valence-corrected chi connectivity index (χ3v) is 3.12. The fourth-order valence-corrected chi connectivity index (χ4v) is 1.85. The predicted molar refractivity (Wildman–Crippen MR) is 57.4 cm³/mol. The van der Waals surface area contributed by atoms with Crippen molar-refractivity contribution in [3.63, 3.8) is 0 Å². The minimum absolute atomic E-state index is 0.626. The van der Waals surface area contributed by atoms with Gasteiger partial charge in [-0.2, -0.15) is 0 Å². The van der Waals surface area contributed by atoms with Crippen LogP contribution in [-0.2, 0) is 0 Å². The molecule has 0 aliphatic carbocycles. The van der Waals surface area contributed by atoms with Gasteiger partial charge in [0.1, 0.15) is 0 Å². The van der Waals surface area contributed by atoms with E-state index in [1.54, 1.807) is 0 Å². The highest BCUT2D eigenvalue weighted by atomic mass is 79.9. The average Bonchev–Trinajstić information content (AvgIpc) is 2.04. The fraction of sp³-hybridized carbons (Fsp3) is 0.455. The zero-order valence-electron chi connectivity index (χ0n) is 7.84. The molecule has 0 amide bonds. The molecule has 66 valence electrons. The van der Waals surface area contributed by atoms with E-state index >= 15 is 0 Å². The first-order valence-electron chi connectivity index (χ1n) is 4.37. The van der Waals surface area contributed by atoms with Gasteiger partial charge in [0.2, 0.25) is 0 Å². The number of hydrogen-bond acceptors (Lipinski definition) is 0. The summed E-state index contributed by atoms with van der Waals surface area (Å²) in [6.07, 6.45) is 0. The molecule has 0 saturated carbocycles. The van der Waals surface area contributed by atoms with Crippen LogP contribution in [0.25, 0.3) is 0 Å². The van der Waals surface area contributed by atoms with Crippen LogP contribution in [0.2, 0.25) is 0 Å². The minimum atomic E-state index is 0.626. The smallest absolute Gasteiger partial charge is 0.0210 e. The van der Waals surface area contributed by atoms with Crippen LogP contribution in [-0.4, -0.2) is 0 Å². The molecule has 1 atom stereocenters. The summed E-state index contributed by atoms with van der Waals surface area (Å²) < 4.78 is 1.23. The molecular weight excluding hydrogens is 212 g/mol. The second kappa shape index (κ2) is 4.08. The van der Waals surface area contributed by atoms with E-state index in [1.807, 2.05) is 0 Å². The number of benzene rings is 1. The minimum Gasteiger partial charge on any atom is -0.0622 e. The van der Waals surface area contributed by atoms with E-state index < -0.39 is 0 Å². The van der Waals surface area contributed by atoms with Crippen molar-refractivity contribution in [1.82, 2.24) is 0 Å². The predicted octanol–water partition coefficient (Wildman–Crippen LogP) is 4.21. The van der Waals surface area contributed by atoms with Crippen LogP contribution in [0.15, 0.2) is 28.7 Å². The Hall–Kier alpha value is -0.300. The van der Waals surface area contributed by atoms with Gasteiger partial charge in [0.25, 0.3) is 0 Å². The van der Waals surface area contributed by atoms with Crippen LogP contribution in [0.5, 0.6) is 0 Å². The molecule has 0 aromatic heterocycles. The Morgan fingerprint density at radius 1 is 1.08 bits per heavy atom. The lowest BCUT2D eigenvalue weighted by Crippen LogP contribution is -2.02. The highest BCUT2D eigenvalue weighted by Gasteiger charge is 2.11. The molecule has 1 aromatic carbocycles. The maximum atomic E-state index is 3.57. The molecule has 0 aliphatic heterocycles. The quantitative estimate of drug-likeness (QED) is 0.709. The summed E-state index contributed by atoms with van der Waals surface area (Å²) in [5, 5.41) is 0. The van der Waals surface area contributed by atoms with Crippen molar-refractivity contribution in [3.05, 3.63) is 34.3 Å². The van der Waals surface area contributed by atoms with E-state index in [0.717, 1.165) is 0 Å². The Labute approximate surface area is 83.1 Å². The molecule has 0 radical (unpaired) electrons. The molecule has 0 nitrogen and oxygen atoms in total. The first kappa shape index (κ1) is 9.79. The molecule has 0 aliphatic rings. The molecule has 0 spiro atoms. The normalized spacial score (nSPS) is 13.4. The lowest BCUT2D eigenvalue weighted by atomic mass is 9.90. The van der Waals surface area contributed by atoms with Gasteiger partial charge in [0.15, 0.2) is 0 Å². The van der Waals surface area contributed by atoms with E-state index in [-0.39, 0.29) is 0 Å². The van der Waals surface area contributed by atoms with Gasteiger partial charge < -0.3 is 0 Å². The Balaban J connectivity index is 2.94. The van der Waals surface area contributed by atoms with Crippen molar-refractivity contribution in [2.24, 2.45) is 5.92 Å². The number of hydrogen-bond donors (Lipinski definition) is 0. The second-order valence-corrected chi connectivity index (χ2v) is 4.41. The van der Waals surface area contributed by atoms with Crippen LogP contribution in [0.1, 0.15) is 32.3 Å². The second-order valence-electron chi connectivity index (χ2n) is 3.55.